The van der Waals surface area contributed by atoms with E-state index in [9.17, 15) is 5.11 Å². The Morgan fingerprint density at radius 3 is 2.23 bits per heavy atom. The van der Waals surface area contributed by atoms with E-state index in [0.717, 1.165) is 0 Å². The van der Waals surface area contributed by atoms with Crippen molar-refractivity contribution in [1.29, 1.82) is 5.41 Å². The van der Waals surface area contributed by atoms with E-state index in [1.165, 1.54) is 6.34 Å². The molecule has 0 aliphatic carbocycles. The summed E-state index contributed by atoms with van der Waals surface area (Å²) in [7, 11) is -0.679. The molecule has 0 amide bonds. The average molecular weight is 522 g/mol. The minimum absolute atomic E-state index is 0.0467. The third kappa shape index (κ3) is 5.64. The van der Waals surface area contributed by atoms with E-state index in [4.69, 9.17) is 19.3 Å². The van der Waals surface area contributed by atoms with Crippen LogP contribution in [0.25, 0.3) is 0 Å². The molecule has 1 unspecified atom stereocenters. The molecule has 0 spiro atoms. The molecule has 3 heterocycles. The fraction of sp³-hybridized carbons (Fsp3) is 0.792. The van der Waals surface area contributed by atoms with E-state index in [1.54, 1.807) is 9.85 Å². The van der Waals surface area contributed by atoms with Gasteiger partial charge in [0.2, 0.25) is 0 Å². The van der Waals surface area contributed by atoms with Crippen LogP contribution in [0.3, 0.4) is 0 Å². The number of fused-ring (bicyclic) bond motifs is 1. The number of aliphatic imine (C=N–C) groups is 1. The third-order valence-corrected chi connectivity index (χ3v) is 11.9. The second-order valence-electron chi connectivity index (χ2n) is 13.1. The molecular weight excluding hydrogens is 478 g/mol. The van der Waals surface area contributed by atoms with Crippen molar-refractivity contribution in [3.8, 4) is 0 Å². The summed E-state index contributed by atoms with van der Waals surface area (Å²) in [5.41, 5.74) is 0.00719. The van der Waals surface area contributed by atoms with E-state index < -0.39 is 50.0 Å². The monoisotopic (exact) mass is 521 g/mol. The summed E-state index contributed by atoms with van der Waals surface area (Å²) in [4.78, 5) is 13.0. The number of imidazole rings is 1. The SMILES string of the molecule is CC(C)(C)O[C@H]1[C@@H](O[Si](C)(C)C(C)(C)C)[C@H](n2c(=[SiH2])nc3c2=NC=NC3=N)O[C@@H]1C(O)C(C)(C)C. The van der Waals surface area contributed by atoms with Gasteiger partial charge in [-0.3, -0.25) is 9.98 Å². The molecule has 1 saturated heterocycles. The molecule has 5 atom stereocenters. The number of ether oxygens (including phenoxy) is 2. The van der Waals surface area contributed by atoms with Crippen LogP contribution in [0.15, 0.2) is 9.98 Å². The molecule has 0 bridgehead atoms. The van der Waals surface area contributed by atoms with Crippen LogP contribution in [-0.2, 0) is 13.9 Å². The predicted octanol–water partition coefficient (Wildman–Crippen LogP) is 2.63. The van der Waals surface area contributed by atoms with Crippen molar-refractivity contribution in [2.75, 3.05) is 0 Å². The van der Waals surface area contributed by atoms with E-state index >= 15 is 0 Å². The fourth-order valence-electron chi connectivity index (χ4n) is 4.03. The Morgan fingerprint density at radius 2 is 1.71 bits per heavy atom. The standard InChI is InChI=1S/C24H43N5O4Si2/c1-22(2,3)17(30)15-14(32-23(4,5)6)16(33-35(10,11)24(7,8)9)20(31-15)29-19-13(28-21(29)34)18(25)26-12-27-19/h12,14-17,20,25,30H,34H2,1-11H3/t14-,15+,16-,17?,20-/m1/s1. The molecule has 196 valence electrons. The quantitative estimate of drug-likeness (QED) is 0.578. The minimum atomic E-state index is -2.29. The summed E-state index contributed by atoms with van der Waals surface area (Å²) >= 11 is 0. The molecule has 2 N–H and O–H groups in total. The van der Waals surface area contributed by atoms with Gasteiger partial charge in [-0.15, -0.1) is 0 Å². The first kappa shape index (κ1) is 28.2. The number of rotatable bonds is 5. The van der Waals surface area contributed by atoms with Crippen molar-refractivity contribution in [2.45, 2.75) is 117 Å². The molecule has 0 saturated carbocycles. The topological polar surface area (TPSA) is 114 Å². The van der Waals surface area contributed by atoms with Crippen LogP contribution in [0.2, 0.25) is 18.1 Å². The van der Waals surface area contributed by atoms with Crippen molar-refractivity contribution in [1.82, 2.24) is 9.55 Å². The molecule has 1 aromatic heterocycles. The number of aromatic nitrogens is 2. The Bertz CT molecular complexity index is 1110. The summed E-state index contributed by atoms with van der Waals surface area (Å²) in [6, 6.07) is 0. The Morgan fingerprint density at radius 1 is 1.11 bits per heavy atom. The molecule has 3 rings (SSSR count). The van der Waals surface area contributed by atoms with Gasteiger partial charge in [-0.1, -0.05) is 41.5 Å². The maximum absolute atomic E-state index is 11.4. The van der Waals surface area contributed by atoms with E-state index in [-0.39, 0.29) is 10.9 Å². The zero-order chi connectivity index (χ0) is 26.7. The molecule has 2 aliphatic rings. The lowest BCUT2D eigenvalue weighted by molar-refractivity contribution is -0.153. The summed E-state index contributed by atoms with van der Waals surface area (Å²) < 4.78 is 22.2. The lowest BCUT2D eigenvalue weighted by Gasteiger charge is -2.42. The Hall–Kier alpha value is -1.38. The predicted molar refractivity (Wildman–Crippen MR) is 142 cm³/mol. The molecule has 0 aromatic carbocycles. The number of hydrogen-bond donors (Lipinski definition) is 2. The number of nitrogens with zero attached hydrogens (tertiary/aromatic N) is 4. The third-order valence-electron chi connectivity index (χ3n) is 6.95. The largest absolute Gasteiger partial charge is 0.407 e. The summed E-state index contributed by atoms with van der Waals surface area (Å²) in [6.07, 6.45) is -1.74. The van der Waals surface area contributed by atoms with Crippen LogP contribution in [0.1, 0.15) is 74.2 Å². The minimum Gasteiger partial charge on any atom is -0.407 e. The second-order valence-corrected chi connectivity index (χ2v) is 18.5. The van der Waals surface area contributed by atoms with Gasteiger partial charge in [0.15, 0.2) is 31.6 Å². The number of hydrogen-bond acceptors (Lipinski definition) is 7. The Balaban J connectivity index is 2.22. The summed E-state index contributed by atoms with van der Waals surface area (Å²) in [6.45, 7) is 23.0. The number of aliphatic hydroxyl groups excluding tert-OH is 1. The van der Waals surface area contributed by atoms with E-state index in [2.05, 4.69) is 48.8 Å². The molecule has 0 radical (unpaired) electrons. The normalized spacial score (nSPS) is 26.6. The number of nitrogens with one attached hydrogen (secondary N) is 1. The van der Waals surface area contributed by atoms with Gasteiger partial charge in [-0.2, -0.15) is 0 Å². The molecule has 2 aliphatic heterocycles. The van der Waals surface area contributed by atoms with Crippen molar-refractivity contribution in [3.05, 3.63) is 16.3 Å². The van der Waals surface area contributed by atoms with Gasteiger partial charge < -0.3 is 19.0 Å². The smallest absolute Gasteiger partial charge is 0.192 e. The molecule has 9 nitrogen and oxygen atoms in total. The van der Waals surface area contributed by atoms with Crippen molar-refractivity contribution >= 4 is 30.3 Å². The van der Waals surface area contributed by atoms with Crippen LogP contribution >= 0.6 is 0 Å². The summed E-state index contributed by atoms with van der Waals surface area (Å²) in [5, 5.41) is 20.3. The first-order chi connectivity index (χ1) is 15.7. The van der Waals surface area contributed by atoms with Crippen LogP contribution in [0.5, 0.6) is 0 Å². The van der Waals surface area contributed by atoms with Gasteiger partial charge >= 0.3 is 0 Å². The summed E-state index contributed by atoms with van der Waals surface area (Å²) in [5.74, 6) is 0.0651. The van der Waals surface area contributed by atoms with Gasteiger partial charge in [-0.25, -0.2) is 15.0 Å². The van der Waals surface area contributed by atoms with E-state index in [0.29, 0.717) is 16.3 Å². The average Bonchev–Trinajstić information content (AvgIpc) is 3.16. The maximum Gasteiger partial charge on any atom is 0.192 e. The Kier molecular flexibility index (Phi) is 7.39. The van der Waals surface area contributed by atoms with E-state index in [1.807, 2.05) is 46.1 Å². The number of amidine groups is 1. The molecule has 11 heteroatoms. The van der Waals surface area contributed by atoms with Crippen LogP contribution < -0.4 is 5.49 Å². The van der Waals surface area contributed by atoms with Gasteiger partial charge in [0.25, 0.3) is 0 Å². The highest BCUT2D eigenvalue weighted by Gasteiger charge is 2.56. The van der Waals surface area contributed by atoms with Crippen molar-refractivity contribution < 1.29 is 19.0 Å². The van der Waals surface area contributed by atoms with Crippen LogP contribution in [-0.4, -0.2) is 75.0 Å². The van der Waals surface area contributed by atoms with Crippen molar-refractivity contribution in [2.24, 2.45) is 15.4 Å². The highest BCUT2D eigenvalue weighted by molar-refractivity contribution is 6.74. The first-order valence-electron chi connectivity index (χ1n) is 12.2. The molecular formula is C24H43N5O4Si2. The molecule has 1 fully saturated rings. The van der Waals surface area contributed by atoms with Gasteiger partial charge in [0.1, 0.15) is 24.7 Å². The van der Waals surface area contributed by atoms with Crippen LogP contribution in [0, 0.1) is 15.9 Å². The second kappa shape index (κ2) is 9.18. The van der Waals surface area contributed by atoms with Crippen molar-refractivity contribution in [3.63, 3.8) is 0 Å². The fourth-order valence-corrected chi connectivity index (χ4v) is 5.80. The lowest BCUT2D eigenvalue weighted by atomic mass is 9.84. The zero-order valence-corrected chi connectivity index (χ0v) is 25.5. The molecule has 1 aromatic rings. The molecule has 35 heavy (non-hydrogen) atoms. The van der Waals surface area contributed by atoms with Crippen LogP contribution in [0.4, 0.5) is 0 Å². The first-order valence-corrected chi connectivity index (χ1v) is 15.8. The highest BCUT2D eigenvalue weighted by Crippen LogP contribution is 2.45. The lowest BCUT2D eigenvalue weighted by Crippen LogP contribution is -2.53. The van der Waals surface area contributed by atoms with Gasteiger partial charge in [0.05, 0.1) is 16.8 Å². The highest BCUT2D eigenvalue weighted by atomic mass is 28.4. The number of aliphatic hydroxyl groups is 1. The zero-order valence-electron chi connectivity index (χ0n) is 23.1. The Labute approximate surface area is 212 Å². The maximum atomic E-state index is 11.4. The van der Waals surface area contributed by atoms with Gasteiger partial charge in [0, 0.05) is 9.85 Å². The van der Waals surface area contributed by atoms with Gasteiger partial charge in [-0.05, 0) is 44.3 Å².